The van der Waals surface area contributed by atoms with Crippen molar-refractivity contribution in [2.75, 3.05) is 27.4 Å². The summed E-state index contributed by atoms with van der Waals surface area (Å²) < 4.78 is 29.4. The van der Waals surface area contributed by atoms with E-state index in [1.165, 1.54) is 13.2 Å². The second kappa shape index (κ2) is 9.13. The van der Waals surface area contributed by atoms with Gasteiger partial charge < -0.3 is 19.5 Å². The first-order valence-corrected chi connectivity index (χ1v) is 7.97. The third kappa shape index (κ3) is 5.13. The Hall–Kier alpha value is -2.27. The van der Waals surface area contributed by atoms with Gasteiger partial charge >= 0.3 is 0 Å². The Balaban J connectivity index is 1.70. The van der Waals surface area contributed by atoms with Crippen molar-refractivity contribution in [3.05, 3.63) is 53.8 Å². The molecule has 0 saturated carbocycles. The largest absolute Gasteiger partial charge is 0.497 e. The molecule has 5 heteroatoms. The molecule has 0 aliphatic carbocycles. The summed E-state index contributed by atoms with van der Waals surface area (Å²) in [5, 5.41) is 3.36. The molecule has 4 nitrogen and oxygen atoms in total. The van der Waals surface area contributed by atoms with Crippen molar-refractivity contribution in [1.29, 1.82) is 0 Å². The smallest absolute Gasteiger partial charge is 0.165 e. The van der Waals surface area contributed by atoms with Gasteiger partial charge in [0.1, 0.15) is 11.5 Å². The van der Waals surface area contributed by atoms with Crippen molar-refractivity contribution in [3.63, 3.8) is 0 Å². The molecule has 2 rings (SSSR count). The normalized spacial score (nSPS) is 11.8. The quantitative estimate of drug-likeness (QED) is 0.705. The minimum Gasteiger partial charge on any atom is -0.497 e. The third-order valence-corrected chi connectivity index (χ3v) is 3.78. The molecule has 0 aliphatic heterocycles. The molecule has 0 amide bonds. The molecular weight excluding hydrogens is 309 g/mol. The van der Waals surface area contributed by atoms with Crippen LogP contribution in [0.25, 0.3) is 0 Å². The molecule has 0 saturated heterocycles. The highest BCUT2D eigenvalue weighted by Gasteiger charge is 2.09. The number of methoxy groups -OCH3 is 2. The average molecular weight is 333 g/mol. The molecule has 0 bridgehead atoms. The maximum Gasteiger partial charge on any atom is 0.165 e. The van der Waals surface area contributed by atoms with Crippen LogP contribution in [0.15, 0.2) is 42.5 Å². The molecule has 130 valence electrons. The summed E-state index contributed by atoms with van der Waals surface area (Å²) in [5.74, 6) is 1.55. The molecule has 0 fully saturated rings. The lowest BCUT2D eigenvalue weighted by Gasteiger charge is -2.15. The predicted molar refractivity (Wildman–Crippen MR) is 92.5 cm³/mol. The predicted octanol–water partition coefficient (Wildman–Crippen LogP) is 3.96. The number of halogens is 1. The van der Waals surface area contributed by atoms with E-state index in [4.69, 9.17) is 14.2 Å². The fourth-order valence-electron chi connectivity index (χ4n) is 2.32. The molecule has 1 N–H and O–H groups in total. The summed E-state index contributed by atoms with van der Waals surface area (Å²) >= 11 is 0. The fraction of sp³-hybridized carbons (Fsp3) is 0.368. The minimum atomic E-state index is -0.341. The number of hydrogen-bond donors (Lipinski definition) is 1. The number of benzene rings is 2. The molecule has 24 heavy (non-hydrogen) atoms. The van der Waals surface area contributed by atoms with Crippen LogP contribution in [-0.2, 0) is 0 Å². The second-order valence-electron chi connectivity index (χ2n) is 5.45. The van der Waals surface area contributed by atoms with Crippen LogP contribution in [0.4, 0.5) is 4.39 Å². The number of rotatable bonds is 9. The Labute approximate surface area is 142 Å². The van der Waals surface area contributed by atoms with Crippen LogP contribution in [0.2, 0.25) is 0 Å². The van der Waals surface area contributed by atoms with E-state index in [1.807, 2.05) is 37.3 Å². The molecular formula is C19H24FNO3. The lowest BCUT2D eigenvalue weighted by Crippen LogP contribution is -2.21. The first-order chi connectivity index (χ1) is 11.6. The van der Waals surface area contributed by atoms with E-state index >= 15 is 0 Å². The molecule has 2 aromatic carbocycles. The summed E-state index contributed by atoms with van der Waals surface area (Å²) in [6.07, 6.45) is 0.856. The molecule has 1 unspecified atom stereocenters. The van der Waals surface area contributed by atoms with Gasteiger partial charge in [0.15, 0.2) is 11.6 Å². The molecule has 0 aromatic heterocycles. The van der Waals surface area contributed by atoms with Crippen molar-refractivity contribution in [3.8, 4) is 17.2 Å². The summed E-state index contributed by atoms with van der Waals surface area (Å²) in [7, 11) is 3.10. The topological polar surface area (TPSA) is 39.7 Å². The van der Waals surface area contributed by atoms with E-state index in [0.29, 0.717) is 6.61 Å². The van der Waals surface area contributed by atoms with Gasteiger partial charge in [-0.3, -0.25) is 0 Å². The summed E-state index contributed by atoms with van der Waals surface area (Å²) in [4.78, 5) is 0. The van der Waals surface area contributed by atoms with Crippen molar-refractivity contribution in [1.82, 2.24) is 5.32 Å². The number of hydrogen-bond acceptors (Lipinski definition) is 4. The Morgan fingerprint density at radius 2 is 1.71 bits per heavy atom. The van der Waals surface area contributed by atoms with Crippen LogP contribution in [0.1, 0.15) is 24.9 Å². The maximum atomic E-state index is 13.7. The van der Waals surface area contributed by atoms with Gasteiger partial charge in [-0.25, -0.2) is 4.39 Å². The summed E-state index contributed by atoms with van der Waals surface area (Å²) in [5.41, 5.74) is 0.893. The molecule has 0 radical (unpaired) electrons. The maximum absolute atomic E-state index is 13.7. The molecule has 1 atom stereocenters. The van der Waals surface area contributed by atoms with Crippen LogP contribution in [0.5, 0.6) is 17.2 Å². The lowest BCUT2D eigenvalue weighted by atomic mass is 10.1. The number of nitrogens with one attached hydrogen (secondary N) is 1. The van der Waals surface area contributed by atoms with Gasteiger partial charge in [-0.2, -0.15) is 0 Å². The number of ether oxygens (including phenoxy) is 3. The minimum absolute atomic E-state index is 0.0615. The van der Waals surface area contributed by atoms with Crippen LogP contribution in [-0.4, -0.2) is 27.4 Å². The second-order valence-corrected chi connectivity index (χ2v) is 5.45. The van der Waals surface area contributed by atoms with Crippen LogP contribution in [0.3, 0.4) is 0 Å². The van der Waals surface area contributed by atoms with Gasteiger partial charge in [0.2, 0.25) is 0 Å². The van der Waals surface area contributed by atoms with E-state index < -0.39 is 0 Å². The standard InChI is InChI=1S/C19H24FNO3/c1-14(15-5-10-19(23-3)18(20)13-15)21-11-4-12-24-17-8-6-16(22-2)7-9-17/h5-10,13-14,21H,4,11-12H2,1-3H3. The zero-order valence-corrected chi connectivity index (χ0v) is 14.3. The fourth-order valence-corrected chi connectivity index (χ4v) is 2.32. The highest BCUT2D eigenvalue weighted by molar-refractivity contribution is 5.31. The van der Waals surface area contributed by atoms with E-state index in [9.17, 15) is 4.39 Å². The van der Waals surface area contributed by atoms with Gasteiger partial charge in [-0.15, -0.1) is 0 Å². The Kier molecular flexibility index (Phi) is 6.88. The monoisotopic (exact) mass is 333 g/mol. The third-order valence-electron chi connectivity index (χ3n) is 3.78. The molecule has 0 aliphatic rings. The Bertz CT molecular complexity index is 631. The Morgan fingerprint density at radius 3 is 2.33 bits per heavy atom. The zero-order valence-electron chi connectivity index (χ0n) is 14.3. The van der Waals surface area contributed by atoms with Crippen molar-refractivity contribution >= 4 is 0 Å². The first-order valence-electron chi connectivity index (χ1n) is 7.97. The SMILES string of the molecule is COc1ccc(OCCCNC(C)c2ccc(OC)c(F)c2)cc1. The van der Waals surface area contributed by atoms with Crippen molar-refractivity contribution in [2.24, 2.45) is 0 Å². The van der Waals surface area contributed by atoms with Gasteiger partial charge in [0.05, 0.1) is 20.8 Å². The Morgan fingerprint density at radius 1 is 1.00 bits per heavy atom. The molecule has 0 spiro atoms. The van der Waals surface area contributed by atoms with Crippen molar-refractivity contribution in [2.45, 2.75) is 19.4 Å². The highest BCUT2D eigenvalue weighted by Crippen LogP contribution is 2.21. The van der Waals surface area contributed by atoms with E-state index in [-0.39, 0.29) is 17.6 Å². The van der Waals surface area contributed by atoms with Gasteiger partial charge in [0, 0.05) is 6.04 Å². The summed E-state index contributed by atoms with van der Waals surface area (Å²) in [6.45, 7) is 3.40. The van der Waals surface area contributed by atoms with E-state index in [2.05, 4.69) is 5.32 Å². The van der Waals surface area contributed by atoms with E-state index in [0.717, 1.165) is 30.0 Å². The molecule has 0 heterocycles. The first kappa shape index (κ1) is 18.1. The van der Waals surface area contributed by atoms with Gasteiger partial charge in [0.25, 0.3) is 0 Å². The van der Waals surface area contributed by atoms with Gasteiger partial charge in [-0.05, 0) is 61.9 Å². The highest BCUT2D eigenvalue weighted by atomic mass is 19.1. The van der Waals surface area contributed by atoms with Crippen LogP contribution in [0, 0.1) is 5.82 Å². The van der Waals surface area contributed by atoms with E-state index in [1.54, 1.807) is 13.2 Å². The average Bonchev–Trinajstić information content (AvgIpc) is 2.61. The van der Waals surface area contributed by atoms with Crippen LogP contribution >= 0.6 is 0 Å². The summed E-state index contributed by atoms with van der Waals surface area (Å²) in [6, 6.07) is 12.6. The zero-order chi connectivity index (χ0) is 17.4. The van der Waals surface area contributed by atoms with Crippen molar-refractivity contribution < 1.29 is 18.6 Å². The van der Waals surface area contributed by atoms with Crippen LogP contribution < -0.4 is 19.5 Å². The van der Waals surface area contributed by atoms with Gasteiger partial charge in [-0.1, -0.05) is 6.07 Å². The lowest BCUT2D eigenvalue weighted by molar-refractivity contribution is 0.305. The molecule has 2 aromatic rings.